The topological polar surface area (TPSA) is 25.8 Å². The zero-order valence-electron chi connectivity index (χ0n) is 25.1. The third-order valence-corrected chi connectivity index (χ3v) is 9.97. The van der Waals surface area contributed by atoms with E-state index in [1.165, 1.54) is 0 Å². The van der Waals surface area contributed by atoms with Gasteiger partial charge in [0.1, 0.15) is 0 Å². The van der Waals surface area contributed by atoms with Crippen LogP contribution in [0.2, 0.25) is 10.0 Å². The number of para-hydroxylation sites is 2. The van der Waals surface area contributed by atoms with E-state index in [0.29, 0.717) is 10.0 Å². The summed E-state index contributed by atoms with van der Waals surface area (Å²) < 4.78 is 0. The van der Waals surface area contributed by atoms with Gasteiger partial charge in [0.05, 0.1) is 22.4 Å². The molecule has 0 fully saturated rings. The van der Waals surface area contributed by atoms with Crippen molar-refractivity contribution in [2.75, 3.05) is 0 Å². The summed E-state index contributed by atoms with van der Waals surface area (Å²) in [6.45, 7) is 0. The van der Waals surface area contributed by atoms with Crippen molar-refractivity contribution in [2.45, 2.75) is 9.79 Å². The van der Waals surface area contributed by atoms with Crippen molar-refractivity contribution < 1.29 is 0 Å². The first kappa shape index (κ1) is 29.5. The smallest absolute Gasteiger partial charge is 0.0855 e. The molecule has 0 saturated heterocycles. The molecule has 224 valence electrons. The number of hydrogen-bond acceptors (Lipinski definition) is 3. The molecule has 8 rings (SSSR count). The van der Waals surface area contributed by atoms with E-state index >= 15 is 0 Å². The number of benzene rings is 6. The molecule has 2 heterocycles. The van der Waals surface area contributed by atoms with E-state index in [1.54, 1.807) is 11.8 Å². The van der Waals surface area contributed by atoms with Gasteiger partial charge >= 0.3 is 0 Å². The molecule has 0 atom stereocenters. The van der Waals surface area contributed by atoms with Gasteiger partial charge in [-0.3, -0.25) is 0 Å². The monoisotopic (exact) mass is 660 g/mol. The van der Waals surface area contributed by atoms with Gasteiger partial charge in [0, 0.05) is 52.9 Å². The Morgan fingerprint density at radius 2 is 0.723 bits per heavy atom. The van der Waals surface area contributed by atoms with Crippen LogP contribution in [0.25, 0.3) is 66.6 Å². The average molecular weight is 662 g/mol. The van der Waals surface area contributed by atoms with Crippen molar-refractivity contribution in [3.63, 3.8) is 0 Å². The first-order valence-corrected chi connectivity index (χ1v) is 16.9. The molecule has 0 aliphatic rings. The fourth-order valence-corrected chi connectivity index (χ4v) is 7.72. The van der Waals surface area contributed by atoms with E-state index in [9.17, 15) is 0 Å². The second-order valence-corrected chi connectivity index (χ2v) is 13.1. The lowest BCUT2D eigenvalue weighted by atomic mass is 9.97. The summed E-state index contributed by atoms with van der Waals surface area (Å²) in [4.78, 5) is 12.8. The molecule has 0 saturated carbocycles. The highest BCUT2D eigenvalue weighted by Gasteiger charge is 2.25. The number of fused-ring (bicyclic) bond motifs is 2. The van der Waals surface area contributed by atoms with Crippen LogP contribution in [0, 0.1) is 0 Å². The highest BCUT2D eigenvalue weighted by Crippen LogP contribution is 2.51. The van der Waals surface area contributed by atoms with E-state index in [-0.39, 0.29) is 0 Å². The third-order valence-electron chi connectivity index (χ3n) is 8.26. The lowest BCUT2D eigenvalue weighted by Gasteiger charge is -2.22. The molecule has 0 spiro atoms. The normalized spacial score (nSPS) is 11.3. The Balaban J connectivity index is 1.52. The Bertz CT molecular complexity index is 2210. The molecule has 0 bridgehead atoms. The fraction of sp³-hybridized carbons (Fsp3) is 0. The van der Waals surface area contributed by atoms with Gasteiger partial charge in [-0.25, -0.2) is 9.97 Å². The maximum Gasteiger partial charge on any atom is 0.0855 e. The van der Waals surface area contributed by atoms with Crippen LogP contribution >= 0.6 is 35.0 Å². The van der Waals surface area contributed by atoms with Gasteiger partial charge in [-0.05, 0) is 47.5 Å². The molecule has 0 radical (unpaired) electrons. The van der Waals surface area contributed by atoms with Gasteiger partial charge in [-0.1, -0.05) is 156 Å². The maximum atomic E-state index is 6.39. The second kappa shape index (κ2) is 12.7. The van der Waals surface area contributed by atoms with Crippen LogP contribution in [0.1, 0.15) is 0 Å². The Morgan fingerprint density at radius 1 is 0.362 bits per heavy atom. The van der Waals surface area contributed by atoms with E-state index in [1.807, 2.05) is 36.4 Å². The lowest BCUT2D eigenvalue weighted by molar-refractivity contribution is 1.27. The molecule has 0 aliphatic carbocycles. The zero-order chi connectivity index (χ0) is 31.7. The zero-order valence-corrected chi connectivity index (χ0v) is 27.4. The maximum absolute atomic E-state index is 6.39. The highest BCUT2D eigenvalue weighted by molar-refractivity contribution is 8.00. The minimum Gasteiger partial charge on any atom is -0.247 e. The average Bonchev–Trinajstić information content (AvgIpc) is 3.12. The summed E-state index contributed by atoms with van der Waals surface area (Å²) in [7, 11) is 0. The number of hydrogen-bond donors (Lipinski definition) is 0. The quantitative estimate of drug-likeness (QED) is 0.177. The molecular formula is C42H26Cl2N2S. The highest BCUT2D eigenvalue weighted by atomic mass is 35.5. The van der Waals surface area contributed by atoms with Crippen molar-refractivity contribution >= 4 is 56.8 Å². The second-order valence-electron chi connectivity index (χ2n) is 11.2. The van der Waals surface area contributed by atoms with Gasteiger partial charge in [0.2, 0.25) is 0 Å². The molecule has 6 aromatic carbocycles. The molecule has 2 aromatic heterocycles. The van der Waals surface area contributed by atoms with E-state index < -0.39 is 0 Å². The summed E-state index contributed by atoms with van der Waals surface area (Å²) in [6.07, 6.45) is 0. The first-order valence-electron chi connectivity index (χ1n) is 15.3. The van der Waals surface area contributed by atoms with Gasteiger partial charge < -0.3 is 0 Å². The summed E-state index contributed by atoms with van der Waals surface area (Å²) >= 11 is 14.5. The van der Waals surface area contributed by atoms with Gasteiger partial charge in [-0.15, -0.1) is 0 Å². The predicted octanol–water partition coefficient (Wildman–Crippen LogP) is 12.9. The van der Waals surface area contributed by atoms with Crippen LogP contribution in [-0.2, 0) is 0 Å². The standard InChI is InChI=1S/C42H26Cl2N2S/c43-31-23-19-29(20-24-31)39-41(37(27-11-3-1-4-12-27)33-15-7-9-17-35(33)45-39)47-42-38(28-13-5-2-6-14-28)34-16-8-10-18-36(34)46-40(42)30-21-25-32(44)26-22-30/h1-26H. The Labute approximate surface area is 287 Å². The summed E-state index contributed by atoms with van der Waals surface area (Å²) in [5.41, 5.74) is 10.1. The Kier molecular flexibility index (Phi) is 7.96. The summed E-state index contributed by atoms with van der Waals surface area (Å²) in [6, 6.07) is 53.8. The molecule has 0 amide bonds. The van der Waals surface area contributed by atoms with E-state index in [4.69, 9.17) is 33.2 Å². The summed E-state index contributed by atoms with van der Waals surface area (Å²) in [5.74, 6) is 0. The van der Waals surface area contributed by atoms with Crippen molar-refractivity contribution in [3.8, 4) is 44.8 Å². The molecule has 5 heteroatoms. The molecule has 47 heavy (non-hydrogen) atoms. The minimum atomic E-state index is 0.683. The minimum absolute atomic E-state index is 0.683. The molecule has 8 aromatic rings. The van der Waals surface area contributed by atoms with Crippen LogP contribution < -0.4 is 0 Å². The first-order chi connectivity index (χ1) is 23.1. The van der Waals surface area contributed by atoms with Crippen LogP contribution in [-0.4, -0.2) is 9.97 Å². The molecular weight excluding hydrogens is 635 g/mol. The number of rotatable bonds is 6. The fourth-order valence-electron chi connectivity index (χ4n) is 6.08. The van der Waals surface area contributed by atoms with Crippen LogP contribution in [0.5, 0.6) is 0 Å². The Morgan fingerprint density at radius 3 is 1.13 bits per heavy atom. The van der Waals surface area contributed by atoms with Crippen molar-refractivity contribution in [2.24, 2.45) is 0 Å². The third kappa shape index (κ3) is 5.68. The van der Waals surface area contributed by atoms with Crippen molar-refractivity contribution in [3.05, 3.63) is 168 Å². The SMILES string of the molecule is Clc1ccc(-c2nc3ccccc3c(-c3ccccc3)c2Sc2c(-c3ccc(Cl)cc3)nc3ccccc3c2-c2ccccc2)cc1. The number of aromatic nitrogens is 2. The van der Waals surface area contributed by atoms with Crippen LogP contribution in [0.4, 0.5) is 0 Å². The van der Waals surface area contributed by atoms with Crippen LogP contribution in [0.3, 0.4) is 0 Å². The lowest BCUT2D eigenvalue weighted by Crippen LogP contribution is -1.98. The van der Waals surface area contributed by atoms with Gasteiger partial charge in [0.15, 0.2) is 0 Å². The van der Waals surface area contributed by atoms with Gasteiger partial charge in [0.25, 0.3) is 0 Å². The van der Waals surface area contributed by atoms with Crippen molar-refractivity contribution in [1.82, 2.24) is 9.97 Å². The number of pyridine rings is 2. The van der Waals surface area contributed by atoms with E-state index in [0.717, 1.165) is 76.4 Å². The predicted molar refractivity (Wildman–Crippen MR) is 199 cm³/mol. The van der Waals surface area contributed by atoms with Crippen LogP contribution in [0.15, 0.2) is 168 Å². The van der Waals surface area contributed by atoms with Gasteiger partial charge in [-0.2, -0.15) is 0 Å². The largest absolute Gasteiger partial charge is 0.247 e. The molecule has 0 unspecified atom stereocenters. The molecule has 2 nitrogen and oxygen atoms in total. The Hall–Kier alpha value is -4.93. The number of halogens is 2. The summed E-state index contributed by atoms with van der Waals surface area (Å²) in [5, 5.41) is 3.54. The van der Waals surface area contributed by atoms with E-state index in [2.05, 4.69) is 121 Å². The number of nitrogens with zero attached hydrogens (tertiary/aromatic N) is 2. The van der Waals surface area contributed by atoms with Crippen molar-refractivity contribution in [1.29, 1.82) is 0 Å². The molecule has 0 aliphatic heterocycles. The molecule has 0 N–H and O–H groups in total.